The van der Waals surface area contributed by atoms with Gasteiger partial charge in [0.05, 0.1) is 11.8 Å². The van der Waals surface area contributed by atoms with Crippen molar-refractivity contribution >= 4 is 22.9 Å². The first-order valence-corrected chi connectivity index (χ1v) is 10.9. The van der Waals surface area contributed by atoms with E-state index in [0.717, 1.165) is 43.5 Å². The van der Waals surface area contributed by atoms with Crippen LogP contribution in [0.1, 0.15) is 41.4 Å². The molecule has 6 heteroatoms. The van der Waals surface area contributed by atoms with Crippen LogP contribution in [-0.4, -0.2) is 45.8 Å². The van der Waals surface area contributed by atoms with E-state index < -0.39 is 0 Å². The van der Waals surface area contributed by atoms with Gasteiger partial charge in [0.1, 0.15) is 5.69 Å². The molecule has 0 spiro atoms. The lowest BCUT2D eigenvalue weighted by Gasteiger charge is -2.36. The molecule has 1 fully saturated rings. The quantitative estimate of drug-likeness (QED) is 0.668. The molecule has 2 aliphatic rings. The molecule has 2 aliphatic heterocycles. The van der Waals surface area contributed by atoms with E-state index in [1.165, 1.54) is 11.1 Å². The number of benzene rings is 1. The number of piperidine rings is 1. The molecule has 2 aromatic heterocycles. The van der Waals surface area contributed by atoms with Gasteiger partial charge in [-0.3, -0.25) is 9.59 Å². The van der Waals surface area contributed by atoms with Crippen molar-refractivity contribution in [2.75, 3.05) is 19.6 Å². The summed E-state index contributed by atoms with van der Waals surface area (Å²) < 4.78 is 7.48. The van der Waals surface area contributed by atoms with E-state index in [1.807, 2.05) is 39.5 Å². The topological polar surface area (TPSA) is 58.7 Å². The van der Waals surface area contributed by atoms with Crippen molar-refractivity contribution in [1.82, 2.24) is 14.4 Å². The Balaban J connectivity index is 1.23. The fourth-order valence-corrected chi connectivity index (χ4v) is 4.93. The van der Waals surface area contributed by atoms with Gasteiger partial charge in [0.25, 0.3) is 5.91 Å². The summed E-state index contributed by atoms with van der Waals surface area (Å²) in [5.74, 6) is 0.278. The highest BCUT2D eigenvalue weighted by atomic mass is 16.3. The van der Waals surface area contributed by atoms with Gasteiger partial charge in [-0.15, -0.1) is 0 Å². The van der Waals surface area contributed by atoms with Crippen molar-refractivity contribution in [2.45, 2.75) is 39.3 Å². The third-order valence-electron chi connectivity index (χ3n) is 6.63. The van der Waals surface area contributed by atoms with Crippen molar-refractivity contribution < 1.29 is 14.0 Å². The van der Waals surface area contributed by atoms with Crippen LogP contribution in [0.25, 0.3) is 11.1 Å². The van der Waals surface area contributed by atoms with Crippen LogP contribution >= 0.6 is 0 Å². The Kier molecular flexibility index (Phi) is 4.85. The van der Waals surface area contributed by atoms with Crippen LogP contribution in [0.15, 0.2) is 47.1 Å². The third kappa shape index (κ3) is 3.20. The molecule has 1 aromatic carbocycles. The second kappa shape index (κ2) is 7.67. The maximum atomic E-state index is 13.1. The van der Waals surface area contributed by atoms with E-state index >= 15 is 0 Å². The van der Waals surface area contributed by atoms with Crippen molar-refractivity contribution in [1.29, 1.82) is 0 Å². The maximum Gasteiger partial charge on any atom is 0.270 e. The van der Waals surface area contributed by atoms with Gasteiger partial charge in [-0.1, -0.05) is 24.3 Å². The van der Waals surface area contributed by atoms with Crippen LogP contribution in [0.5, 0.6) is 0 Å². The Labute approximate surface area is 176 Å². The highest BCUT2D eigenvalue weighted by Crippen LogP contribution is 2.27. The summed E-state index contributed by atoms with van der Waals surface area (Å²) >= 11 is 0. The Morgan fingerprint density at radius 1 is 1.03 bits per heavy atom. The van der Waals surface area contributed by atoms with Crippen molar-refractivity contribution in [3.8, 4) is 0 Å². The van der Waals surface area contributed by atoms with Crippen molar-refractivity contribution in [2.24, 2.45) is 5.92 Å². The number of rotatable bonds is 3. The van der Waals surface area contributed by atoms with E-state index in [0.29, 0.717) is 25.3 Å². The first kappa shape index (κ1) is 19.0. The first-order chi connectivity index (χ1) is 14.7. The summed E-state index contributed by atoms with van der Waals surface area (Å²) in [6.07, 6.45) is 4.03. The largest absolute Gasteiger partial charge is 0.463 e. The van der Waals surface area contributed by atoms with Gasteiger partial charge < -0.3 is 18.8 Å². The van der Waals surface area contributed by atoms with Gasteiger partial charge in [-0.2, -0.15) is 0 Å². The normalized spacial score (nSPS) is 17.4. The van der Waals surface area contributed by atoms with Gasteiger partial charge in [0, 0.05) is 50.8 Å². The number of carbonyl (C=O) groups is 2. The lowest BCUT2D eigenvalue weighted by Crippen LogP contribution is -2.46. The number of fused-ring (bicyclic) bond motifs is 2. The lowest BCUT2D eigenvalue weighted by molar-refractivity contribution is -0.137. The molecule has 0 saturated carbocycles. The van der Waals surface area contributed by atoms with Gasteiger partial charge in [-0.05, 0) is 37.3 Å². The summed E-state index contributed by atoms with van der Waals surface area (Å²) in [6, 6.07) is 12.1. The summed E-state index contributed by atoms with van der Waals surface area (Å²) in [5, 5.41) is 0. The predicted octanol–water partition coefficient (Wildman–Crippen LogP) is 3.69. The van der Waals surface area contributed by atoms with Gasteiger partial charge in [-0.25, -0.2) is 0 Å². The molecule has 0 atom stereocenters. The molecule has 0 bridgehead atoms. The Morgan fingerprint density at radius 2 is 1.80 bits per heavy atom. The Morgan fingerprint density at radius 3 is 2.57 bits per heavy atom. The van der Waals surface area contributed by atoms with Crippen LogP contribution in [-0.2, 0) is 24.3 Å². The van der Waals surface area contributed by atoms with E-state index in [1.54, 1.807) is 6.26 Å². The average molecular weight is 405 g/mol. The molecule has 6 nitrogen and oxygen atoms in total. The molecule has 0 N–H and O–H groups in total. The van der Waals surface area contributed by atoms with Crippen molar-refractivity contribution in [3.05, 3.63) is 59.5 Å². The highest BCUT2D eigenvalue weighted by Gasteiger charge is 2.32. The number of amides is 2. The Hall–Kier alpha value is -3.02. The van der Waals surface area contributed by atoms with E-state index in [9.17, 15) is 9.59 Å². The molecule has 4 heterocycles. The standard InChI is InChI=1S/C24H27N3O3/c1-2-27-20-10-14-30-22(20)15-21(27)24(29)25-11-8-18(9-12-25)23(28)26-13-7-17-5-3-4-6-19(17)16-26/h3-6,10,14-15,18H,2,7-9,11-13,16H2,1H3. The monoisotopic (exact) mass is 405 g/mol. The van der Waals surface area contributed by atoms with Crippen LogP contribution < -0.4 is 0 Å². The number of nitrogens with zero attached hydrogens (tertiary/aromatic N) is 3. The fraction of sp³-hybridized carbons (Fsp3) is 0.417. The number of furan rings is 1. The number of aromatic nitrogens is 1. The lowest BCUT2D eigenvalue weighted by atomic mass is 9.93. The predicted molar refractivity (Wildman–Crippen MR) is 114 cm³/mol. The maximum absolute atomic E-state index is 13.1. The second-order valence-corrected chi connectivity index (χ2v) is 8.29. The number of carbonyl (C=O) groups excluding carboxylic acids is 2. The van der Waals surface area contributed by atoms with Crippen LogP contribution in [0.4, 0.5) is 0 Å². The summed E-state index contributed by atoms with van der Waals surface area (Å²) in [6.45, 7) is 5.49. The third-order valence-corrected chi connectivity index (χ3v) is 6.63. The molecule has 30 heavy (non-hydrogen) atoms. The number of hydrogen-bond acceptors (Lipinski definition) is 3. The van der Waals surface area contributed by atoms with Crippen LogP contribution in [0.2, 0.25) is 0 Å². The fourth-order valence-electron chi connectivity index (χ4n) is 4.93. The van der Waals surface area contributed by atoms with E-state index in [2.05, 4.69) is 18.2 Å². The van der Waals surface area contributed by atoms with Gasteiger partial charge in [0.15, 0.2) is 5.58 Å². The Bertz CT molecular complexity index is 1090. The minimum absolute atomic E-state index is 0.00791. The van der Waals surface area contributed by atoms with Crippen LogP contribution in [0, 0.1) is 5.92 Å². The number of hydrogen-bond donors (Lipinski definition) is 0. The minimum atomic E-state index is 0.00791. The van der Waals surface area contributed by atoms with E-state index in [-0.39, 0.29) is 17.7 Å². The van der Waals surface area contributed by atoms with Crippen molar-refractivity contribution in [3.63, 3.8) is 0 Å². The molecule has 5 rings (SSSR count). The zero-order valence-corrected chi connectivity index (χ0v) is 17.3. The summed E-state index contributed by atoms with van der Waals surface area (Å²) in [7, 11) is 0. The first-order valence-electron chi connectivity index (χ1n) is 10.9. The molecule has 3 aromatic rings. The molecule has 2 amide bonds. The molecular formula is C24H27N3O3. The van der Waals surface area contributed by atoms with E-state index in [4.69, 9.17) is 4.42 Å². The number of likely N-dealkylation sites (tertiary alicyclic amines) is 1. The molecule has 1 saturated heterocycles. The molecule has 156 valence electrons. The summed E-state index contributed by atoms with van der Waals surface area (Å²) in [4.78, 5) is 30.1. The zero-order chi connectivity index (χ0) is 20.7. The molecule has 0 unspecified atom stereocenters. The van der Waals surface area contributed by atoms with Gasteiger partial charge in [0.2, 0.25) is 5.91 Å². The molecule has 0 aliphatic carbocycles. The zero-order valence-electron chi connectivity index (χ0n) is 17.3. The second-order valence-electron chi connectivity index (χ2n) is 8.29. The minimum Gasteiger partial charge on any atom is -0.463 e. The molecule has 0 radical (unpaired) electrons. The summed E-state index contributed by atoms with van der Waals surface area (Å²) in [5.41, 5.74) is 4.98. The smallest absolute Gasteiger partial charge is 0.270 e. The SMILES string of the molecule is CCn1c(C(=O)N2CCC(C(=O)N3CCc4ccccc4C3)CC2)cc2occc21. The van der Waals surface area contributed by atoms with Crippen LogP contribution in [0.3, 0.4) is 0 Å². The number of aryl methyl sites for hydroxylation is 1. The highest BCUT2D eigenvalue weighted by molar-refractivity contribution is 5.97. The average Bonchev–Trinajstić information content (AvgIpc) is 3.39. The molecular weight excluding hydrogens is 378 g/mol. The van der Waals surface area contributed by atoms with Gasteiger partial charge >= 0.3 is 0 Å².